The third kappa shape index (κ3) is 4.26. The minimum atomic E-state index is -0.323. The van der Waals surface area contributed by atoms with Crippen LogP contribution < -0.4 is 10.1 Å². The van der Waals surface area contributed by atoms with E-state index in [1.807, 2.05) is 37.3 Å². The van der Waals surface area contributed by atoms with E-state index in [9.17, 15) is 9.18 Å². The molecule has 0 radical (unpaired) electrons. The van der Waals surface area contributed by atoms with Crippen LogP contribution in [0.3, 0.4) is 0 Å². The maximum Gasteiger partial charge on any atom is 0.277 e. The summed E-state index contributed by atoms with van der Waals surface area (Å²) in [4.78, 5) is 14.4. The highest BCUT2D eigenvalue weighted by molar-refractivity contribution is 7.80. The van der Waals surface area contributed by atoms with E-state index in [1.165, 1.54) is 12.1 Å². The Balaban J connectivity index is 1.44. The van der Waals surface area contributed by atoms with Gasteiger partial charge in [-0.1, -0.05) is 30.3 Å². The zero-order valence-corrected chi connectivity index (χ0v) is 17.0. The summed E-state index contributed by atoms with van der Waals surface area (Å²) in [5, 5.41) is 3.32. The molecule has 1 unspecified atom stereocenters. The smallest absolute Gasteiger partial charge is 0.277 e. The molecule has 5 nitrogen and oxygen atoms in total. The van der Waals surface area contributed by atoms with Crippen molar-refractivity contribution in [1.29, 1.82) is 0 Å². The number of halogens is 1. The van der Waals surface area contributed by atoms with Gasteiger partial charge in [0.2, 0.25) is 0 Å². The van der Waals surface area contributed by atoms with E-state index in [0.717, 1.165) is 5.56 Å². The zero-order chi connectivity index (χ0) is 21.1. The number of rotatable bonds is 6. The molecule has 30 heavy (non-hydrogen) atoms. The fourth-order valence-electron chi connectivity index (χ4n) is 3.16. The molecule has 0 bridgehead atoms. The Morgan fingerprint density at radius 3 is 2.60 bits per heavy atom. The predicted molar refractivity (Wildman–Crippen MR) is 115 cm³/mol. The number of carbonyl (C=O) groups excluding carboxylic acids is 1. The highest BCUT2D eigenvalue weighted by atomic mass is 32.1. The van der Waals surface area contributed by atoms with Crippen molar-refractivity contribution in [3.63, 3.8) is 0 Å². The number of carbonyl (C=O) groups is 1. The number of thiocarbonyl (C=S) groups is 1. The van der Waals surface area contributed by atoms with E-state index in [1.54, 1.807) is 35.2 Å². The molecule has 1 amide bonds. The molecule has 4 rings (SSSR count). The maximum absolute atomic E-state index is 13.0. The van der Waals surface area contributed by atoms with Crippen molar-refractivity contribution in [3.05, 3.63) is 95.3 Å². The Labute approximate surface area is 178 Å². The molecule has 1 aromatic heterocycles. The van der Waals surface area contributed by atoms with E-state index >= 15 is 0 Å². The first-order chi connectivity index (χ1) is 14.5. The first-order valence-electron chi connectivity index (χ1n) is 9.39. The topological polar surface area (TPSA) is 54.7 Å². The van der Waals surface area contributed by atoms with Crippen molar-refractivity contribution in [1.82, 2.24) is 10.2 Å². The Morgan fingerprint density at radius 1 is 1.13 bits per heavy atom. The van der Waals surface area contributed by atoms with Crippen molar-refractivity contribution in [2.75, 3.05) is 0 Å². The van der Waals surface area contributed by atoms with Gasteiger partial charge < -0.3 is 14.5 Å². The molecular formula is C23H19FN2O3S. The summed E-state index contributed by atoms with van der Waals surface area (Å²) in [6, 6.07) is 18.8. The number of hydrogen-bond acceptors (Lipinski definition) is 4. The standard InChI is InChI=1S/C23H19FN2O3S/c1-15(16-5-3-2-4-6-16)26-22(27)21(25-23(26)30)13-19-11-12-20(29-19)14-28-18-9-7-17(24)8-10-18/h2-13,15H,14H2,1H3,(H,25,30)/b21-13-. The summed E-state index contributed by atoms with van der Waals surface area (Å²) >= 11 is 5.37. The van der Waals surface area contributed by atoms with Crippen molar-refractivity contribution in [2.45, 2.75) is 19.6 Å². The van der Waals surface area contributed by atoms with Crippen LogP contribution in [0, 0.1) is 5.82 Å². The Morgan fingerprint density at radius 2 is 1.87 bits per heavy atom. The maximum atomic E-state index is 13.0. The lowest BCUT2D eigenvalue weighted by Gasteiger charge is -2.23. The van der Waals surface area contributed by atoms with Gasteiger partial charge in [0, 0.05) is 6.08 Å². The molecule has 0 aliphatic carbocycles. The summed E-state index contributed by atoms with van der Waals surface area (Å²) in [6.45, 7) is 2.12. The van der Waals surface area contributed by atoms with E-state index in [2.05, 4.69) is 5.32 Å². The molecule has 0 saturated carbocycles. The minimum Gasteiger partial charge on any atom is -0.486 e. The molecule has 0 spiro atoms. The van der Waals surface area contributed by atoms with Gasteiger partial charge in [-0.05, 0) is 61.1 Å². The fourth-order valence-corrected chi connectivity index (χ4v) is 3.51. The minimum absolute atomic E-state index is 0.186. The van der Waals surface area contributed by atoms with E-state index < -0.39 is 0 Å². The van der Waals surface area contributed by atoms with Gasteiger partial charge in [0.25, 0.3) is 5.91 Å². The van der Waals surface area contributed by atoms with Crippen molar-refractivity contribution >= 4 is 29.3 Å². The summed E-state index contributed by atoms with van der Waals surface area (Å²) in [6.07, 6.45) is 1.62. The van der Waals surface area contributed by atoms with Gasteiger partial charge >= 0.3 is 0 Å². The second-order valence-corrected chi connectivity index (χ2v) is 7.18. The summed E-state index contributed by atoms with van der Waals surface area (Å²) in [5.41, 5.74) is 1.35. The van der Waals surface area contributed by atoms with Gasteiger partial charge in [0.1, 0.15) is 35.4 Å². The number of hydrogen-bond donors (Lipinski definition) is 1. The SMILES string of the molecule is CC(c1ccccc1)N1C(=O)/C(=C/c2ccc(COc3ccc(F)cc3)o2)NC1=S. The van der Waals surface area contributed by atoms with Crippen LogP contribution in [0.2, 0.25) is 0 Å². The fraction of sp³-hybridized carbons (Fsp3) is 0.130. The lowest BCUT2D eigenvalue weighted by molar-refractivity contribution is -0.123. The largest absolute Gasteiger partial charge is 0.486 e. The van der Waals surface area contributed by atoms with Crippen LogP contribution in [-0.2, 0) is 11.4 Å². The monoisotopic (exact) mass is 422 g/mol. The van der Waals surface area contributed by atoms with Crippen LogP contribution >= 0.6 is 12.2 Å². The average molecular weight is 422 g/mol. The highest BCUT2D eigenvalue weighted by Gasteiger charge is 2.35. The molecule has 2 heterocycles. The molecule has 1 aliphatic heterocycles. The third-order valence-electron chi connectivity index (χ3n) is 4.74. The predicted octanol–water partition coefficient (Wildman–Crippen LogP) is 4.82. The van der Waals surface area contributed by atoms with E-state index in [0.29, 0.717) is 28.1 Å². The molecular weight excluding hydrogens is 403 g/mol. The second-order valence-electron chi connectivity index (χ2n) is 6.80. The second kappa shape index (κ2) is 8.51. The number of amides is 1. The number of benzene rings is 2. The lowest BCUT2D eigenvalue weighted by atomic mass is 10.1. The van der Waals surface area contributed by atoms with Crippen molar-refractivity contribution < 1.29 is 18.3 Å². The van der Waals surface area contributed by atoms with Gasteiger partial charge in [-0.3, -0.25) is 9.69 Å². The van der Waals surface area contributed by atoms with Gasteiger partial charge in [0.05, 0.1) is 6.04 Å². The van der Waals surface area contributed by atoms with Gasteiger partial charge in [-0.2, -0.15) is 0 Å². The van der Waals surface area contributed by atoms with E-state index in [-0.39, 0.29) is 24.4 Å². The number of nitrogens with zero attached hydrogens (tertiary/aromatic N) is 1. The summed E-state index contributed by atoms with van der Waals surface area (Å²) < 4.78 is 24.3. The van der Waals surface area contributed by atoms with Crippen LogP contribution in [-0.4, -0.2) is 15.9 Å². The highest BCUT2D eigenvalue weighted by Crippen LogP contribution is 2.26. The van der Waals surface area contributed by atoms with Gasteiger partial charge in [-0.25, -0.2) is 4.39 Å². The van der Waals surface area contributed by atoms with E-state index in [4.69, 9.17) is 21.4 Å². The Bertz CT molecular complexity index is 1090. The molecule has 1 aliphatic rings. The van der Waals surface area contributed by atoms with Crippen LogP contribution in [0.1, 0.15) is 30.0 Å². The van der Waals surface area contributed by atoms with Gasteiger partial charge in [0.15, 0.2) is 5.11 Å². The number of furan rings is 1. The molecule has 152 valence electrons. The molecule has 1 N–H and O–H groups in total. The summed E-state index contributed by atoms with van der Waals surface area (Å²) in [7, 11) is 0. The average Bonchev–Trinajstić information content (AvgIpc) is 3.31. The quantitative estimate of drug-likeness (QED) is 0.456. The Kier molecular flexibility index (Phi) is 5.63. The van der Waals surface area contributed by atoms with Crippen LogP contribution in [0.25, 0.3) is 6.08 Å². The first kappa shape index (κ1) is 19.8. The molecule has 2 aromatic carbocycles. The van der Waals surface area contributed by atoms with Crippen molar-refractivity contribution in [2.24, 2.45) is 0 Å². The van der Waals surface area contributed by atoms with Crippen molar-refractivity contribution in [3.8, 4) is 5.75 Å². The molecule has 1 saturated heterocycles. The first-order valence-corrected chi connectivity index (χ1v) is 9.80. The van der Waals surface area contributed by atoms with Crippen LogP contribution in [0.4, 0.5) is 4.39 Å². The number of nitrogens with one attached hydrogen (secondary N) is 1. The molecule has 1 atom stereocenters. The molecule has 1 fully saturated rings. The third-order valence-corrected chi connectivity index (χ3v) is 5.04. The Hall–Kier alpha value is -3.45. The number of ether oxygens (including phenoxy) is 1. The molecule has 7 heteroatoms. The van der Waals surface area contributed by atoms with Crippen LogP contribution in [0.15, 0.2) is 76.8 Å². The lowest BCUT2D eigenvalue weighted by Crippen LogP contribution is -2.33. The molecule has 3 aromatic rings. The van der Waals surface area contributed by atoms with Crippen LogP contribution in [0.5, 0.6) is 5.75 Å². The zero-order valence-electron chi connectivity index (χ0n) is 16.2. The normalized spacial score (nSPS) is 16.1. The summed E-state index contributed by atoms with van der Waals surface area (Å²) in [5.74, 6) is 1.08. The van der Waals surface area contributed by atoms with Gasteiger partial charge in [-0.15, -0.1) is 0 Å².